The summed E-state index contributed by atoms with van der Waals surface area (Å²) in [5.74, 6) is -1.33. The molecule has 0 radical (unpaired) electrons. The third kappa shape index (κ3) is 2.93. The van der Waals surface area contributed by atoms with Crippen LogP contribution in [0.2, 0.25) is 0 Å². The number of ether oxygens (including phenoxy) is 1. The molecule has 1 rings (SSSR count). The minimum absolute atomic E-state index is 0.0436. The van der Waals surface area contributed by atoms with E-state index < -0.39 is 18.0 Å². The summed E-state index contributed by atoms with van der Waals surface area (Å²) in [7, 11) is 0. The van der Waals surface area contributed by atoms with Crippen LogP contribution in [-0.2, 0) is 20.7 Å². The van der Waals surface area contributed by atoms with Gasteiger partial charge in [0, 0.05) is 6.92 Å². The molecule has 5 nitrogen and oxygen atoms in total. The highest BCUT2D eigenvalue weighted by Gasteiger charge is 2.22. The molecular formula is C9H10O5. The van der Waals surface area contributed by atoms with E-state index >= 15 is 0 Å². The molecule has 0 spiro atoms. The van der Waals surface area contributed by atoms with E-state index in [1.54, 1.807) is 12.1 Å². The first-order valence-electron chi connectivity index (χ1n) is 4.02. The predicted molar refractivity (Wildman–Crippen MR) is 45.6 cm³/mol. The van der Waals surface area contributed by atoms with Gasteiger partial charge in [-0.1, -0.05) is 0 Å². The van der Waals surface area contributed by atoms with Crippen LogP contribution in [0.25, 0.3) is 0 Å². The molecular weight excluding hydrogens is 188 g/mol. The van der Waals surface area contributed by atoms with Gasteiger partial charge < -0.3 is 14.3 Å². The van der Waals surface area contributed by atoms with Crippen molar-refractivity contribution >= 4 is 11.9 Å². The zero-order chi connectivity index (χ0) is 10.6. The van der Waals surface area contributed by atoms with Crippen LogP contribution in [0.1, 0.15) is 12.7 Å². The Kier molecular flexibility index (Phi) is 3.28. The lowest BCUT2D eigenvalue weighted by molar-refractivity contribution is -0.162. The van der Waals surface area contributed by atoms with Gasteiger partial charge in [0.2, 0.25) is 6.10 Å². The summed E-state index contributed by atoms with van der Waals surface area (Å²) < 4.78 is 9.53. The summed E-state index contributed by atoms with van der Waals surface area (Å²) in [6.45, 7) is 1.16. The fourth-order valence-electron chi connectivity index (χ4n) is 0.991. The minimum atomic E-state index is -1.18. The SMILES string of the molecule is CC(=O)OC(Cc1ccco1)C(=O)O. The van der Waals surface area contributed by atoms with Gasteiger partial charge in [-0.25, -0.2) is 4.79 Å². The monoisotopic (exact) mass is 198 g/mol. The van der Waals surface area contributed by atoms with Crippen LogP contribution in [0.4, 0.5) is 0 Å². The average molecular weight is 198 g/mol. The molecule has 0 aliphatic heterocycles. The Hall–Kier alpha value is -1.78. The minimum Gasteiger partial charge on any atom is -0.478 e. The van der Waals surface area contributed by atoms with E-state index in [4.69, 9.17) is 9.52 Å². The summed E-state index contributed by atoms with van der Waals surface area (Å²) in [5, 5.41) is 8.70. The Morgan fingerprint density at radius 1 is 1.64 bits per heavy atom. The maximum atomic E-state index is 10.6. The number of carboxylic acid groups (broad SMARTS) is 1. The van der Waals surface area contributed by atoms with Crippen molar-refractivity contribution in [3.8, 4) is 0 Å². The molecule has 1 aromatic heterocycles. The van der Waals surface area contributed by atoms with Crippen molar-refractivity contribution in [1.29, 1.82) is 0 Å². The highest BCUT2D eigenvalue weighted by molar-refractivity contribution is 5.77. The standard InChI is InChI=1S/C9H10O5/c1-6(10)14-8(9(11)12)5-7-3-2-4-13-7/h2-4,8H,5H2,1H3,(H,11,12). The molecule has 1 N–H and O–H groups in total. The molecule has 0 amide bonds. The summed E-state index contributed by atoms with van der Waals surface area (Å²) in [6, 6.07) is 3.27. The van der Waals surface area contributed by atoms with Gasteiger partial charge in [0.1, 0.15) is 5.76 Å². The molecule has 0 aliphatic rings. The molecule has 1 heterocycles. The van der Waals surface area contributed by atoms with Crippen LogP contribution >= 0.6 is 0 Å². The van der Waals surface area contributed by atoms with Crippen molar-refractivity contribution in [2.45, 2.75) is 19.4 Å². The second kappa shape index (κ2) is 4.45. The van der Waals surface area contributed by atoms with E-state index in [-0.39, 0.29) is 6.42 Å². The number of carboxylic acids is 1. The topological polar surface area (TPSA) is 76.7 Å². The second-order valence-corrected chi connectivity index (χ2v) is 2.72. The normalized spacial score (nSPS) is 12.1. The molecule has 14 heavy (non-hydrogen) atoms. The van der Waals surface area contributed by atoms with Gasteiger partial charge in [-0.05, 0) is 12.1 Å². The lowest BCUT2D eigenvalue weighted by Crippen LogP contribution is -2.28. The van der Waals surface area contributed by atoms with E-state index in [0.717, 1.165) is 6.92 Å². The van der Waals surface area contributed by atoms with Gasteiger partial charge in [-0.15, -0.1) is 0 Å². The Labute approximate surface area is 80.3 Å². The van der Waals surface area contributed by atoms with Crippen LogP contribution in [0, 0.1) is 0 Å². The van der Waals surface area contributed by atoms with E-state index in [1.165, 1.54) is 6.26 Å². The quantitative estimate of drug-likeness (QED) is 0.725. The number of furan rings is 1. The molecule has 1 aromatic rings. The Morgan fingerprint density at radius 3 is 2.79 bits per heavy atom. The fourth-order valence-corrected chi connectivity index (χ4v) is 0.991. The largest absolute Gasteiger partial charge is 0.478 e. The molecule has 0 bridgehead atoms. The van der Waals surface area contributed by atoms with Crippen LogP contribution in [0.5, 0.6) is 0 Å². The summed E-state index contributed by atoms with van der Waals surface area (Å²) in [5.41, 5.74) is 0. The van der Waals surface area contributed by atoms with Crippen LogP contribution < -0.4 is 0 Å². The number of carbonyl (C=O) groups is 2. The van der Waals surface area contributed by atoms with Crippen LogP contribution in [0.15, 0.2) is 22.8 Å². The van der Waals surface area contributed by atoms with Crippen molar-refractivity contribution in [3.05, 3.63) is 24.2 Å². The number of hydrogen-bond donors (Lipinski definition) is 1. The van der Waals surface area contributed by atoms with Gasteiger partial charge >= 0.3 is 11.9 Å². The number of rotatable bonds is 4. The second-order valence-electron chi connectivity index (χ2n) is 2.72. The van der Waals surface area contributed by atoms with Crippen molar-refractivity contribution in [2.75, 3.05) is 0 Å². The molecule has 1 unspecified atom stereocenters. The Balaban J connectivity index is 2.60. The van der Waals surface area contributed by atoms with E-state index in [0.29, 0.717) is 5.76 Å². The lowest BCUT2D eigenvalue weighted by Gasteiger charge is -2.10. The van der Waals surface area contributed by atoms with Crippen LogP contribution in [-0.4, -0.2) is 23.1 Å². The van der Waals surface area contributed by atoms with E-state index in [9.17, 15) is 9.59 Å². The number of carbonyl (C=O) groups excluding carboxylic acids is 1. The fraction of sp³-hybridized carbons (Fsp3) is 0.333. The lowest BCUT2D eigenvalue weighted by atomic mass is 10.2. The third-order valence-corrected chi connectivity index (χ3v) is 1.55. The van der Waals surface area contributed by atoms with Gasteiger partial charge in [-0.2, -0.15) is 0 Å². The molecule has 0 saturated carbocycles. The van der Waals surface area contributed by atoms with Crippen molar-refractivity contribution in [2.24, 2.45) is 0 Å². The van der Waals surface area contributed by atoms with Gasteiger partial charge in [0.15, 0.2) is 0 Å². The van der Waals surface area contributed by atoms with Crippen molar-refractivity contribution in [3.63, 3.8) is 0 Å². The molecule has 0 fully saturated rings. The summed E-state index contributed by atoms with van der Waals surface area (Å²) in [6.07, 6.45) is 0.294. The first-order chi connectivity index (χ1) is 6.59. The summed E-state index contributed by atoms with van der Waals surface area (Å²) >= 11 is 0. The van der Waals surface area contributed by atoms with E-state index in [2.05, 4.69) is 4.74 Å². The smallest absolute Gasteiger partial charge is 0.345 e. The number of aliphatic carboxylic acids is 1. The molecule has 1 atom stereocenters. The first-order valence-corrected chi connectivity index (χ1v) is 4.02. The zero-order valence-electron chi connectivity index (χ0n) is 7.60. The molecule has 0 saturated heterocycles. The molecule has 0 aromatic carbocycles. The Morgan fingerprint density at radius 2 is 2.36 bits per heavy atom. The van der Waals surface area contributed by atoms with Gasteiger partial charge in [0.05, 0.1) is 12.7 Å². The molecule has 5 heteroatoms. The van der Waals surface area contributed by atoms with Crippen molar-refractivity contribution in [1.82, 2.24) is 0 Å². The van der Waals surface area contributed by atoms with Crippen LogP contribution in [0.3, 0.4) is 0 Å². The summed E-state index contributed by atoms with van der Waals surface area (Å²) in [4.78, 5) is 21.2. The average Bonchev–Trinajstić information content (AvgIpc) is 2.54. The van der Waals surface area contributed by atoms with Crippen molar-refractivity contribution < 1.29 is 23.8 Å². The third-order valence-electron chi connectivity index (χ3n) is 1.55. The maximum Gasteiger partial charge on any atom is 0.345 e. The molecule has 76 valence electrons. The highest BCUT2D eigenvalue weighted by Crippen LogP contribution is 2.07. The van der Waals surface area contributed by atoms with Gasteiger partial charge in [0.25, 0.3) is 0 Å². The van der Waals surface area contributed by atoms with E-state index in [1.807, 2.05) is 0 Å². The Bertz CT molecular complexity index is 314. The molecule has 0 aliphatic carbocycles. The number of hydrogen-bond acceptors (Lipinski definition) is 4. The van der Waals surface area contributed by atoms with Gasteiger partial charge in [-0.3, -0.25) is 4.79 Å². The highest BCUT2D eigenvalue weighted by atomic mass is 16.6. The predicted octanol–water partition coefficient (Wildman–Crippen LogP) is 0.838. The zero-order valence-corrected chi connectivity index (χ0v) is 7.60. The maximum absolute atomic E-state index is 10.6. The first kappa shape index (κ1) is 10.3. The number of esters is 1.